The summed E-state index contributed by atoms with van der Waals surface area (Å²) in [5, 5.41) is 9.87. The second-order valence-corrected chi connectivity index (χ2v) is 12.3. The quantitative estimate of drug-likeness (QED) is 0.288. The number of sulfonamides is 1. The molecule has 3 aromatic rings. The zero-order chi connectivity index (χ0) is 26.6. The summed E-state index contributed by atoms with van der Waals surface area (Å²) in [6.07, 6.45) is 2.79. The third-order valence-corrected chi connectivity index (χ3v) is 8.01. The van der Waals surface area contributed by atoms with E-state index in [0.717, 1.165) is 15.2 Å². The van der Waals surface area contributed by atoms with Crippen molar-refractivity contribution in [2.75, 3.05) is 4.72 Å². The van der Waals surface area contributed by atoms with Gasteiger partial charge in [-0.25, -0.2) is 8.42 Å². The van der Waals surface area contributed by atoms with Gasteiger partial charge in [-0.1, -0.05) is 44.5 Å². The fraction of sp³-hybridized carbons (Fsp3) is 0.269. The van der Waals surface area contributed by atoms with Crippen molar-refractivity contribution in [3.63, 3.8) is 0 Å². The Labute approximate surface area is 215 Å². The third kappa shape index (κ3) is 4.33. The maximum absolute atomic E-state index is 13.6. The number of halogens is 1. The molecule has 2 amide bonds. The number of imide groups is 1. The third-order valence-electron chi connectivity index (χ3n) is 6.31. The molecule has 0 spiro atoms. The monoisotopic (exact) mass is 528 g/mol. The van der Waals surface area contributed by atoms with Crippen LogP contribution in [0.3, 0.4) is 0 Å². The van der Waals surface area contributed by atoms with Crippen molar-refractivity contribution in [1.82, 2.24) is 4.90 Å². The number of carbonyl (C=O) groups excluding carboxylic acids is 2. The Kier molecular flexibility index (Phi) is 6.13. The van der Waals surface area contributed by atoms with Crippen LogP contribution in [0.4, 0.5) is 5.69 Å². The largest absolute Gasteiger partial charge is 0.285 e. The highest BCUT2D eigenvalue weighted by molar-refractivity contribution is 7.92. The highest BCUT2D eigenvalue weighted by Crippen LogP contribution is 2.41. The van der Waals surface area contributed by atoms with Gasteiger partial charge in [0.15, 0.2) is 0 Å². The summed E-state index contributed by atoms with van der Waals surface area (Å²) in [6.45, 7) is 9.38. The highest BCUT2D eigenvalue weighted by Gasteiger charge is 2.48. The maximum Gasteiger partial charge on any atom is 0.264 e. The lowest BCUT2D eigenvalue weighted by molar-refractivity contribution is -0.905. The first-order valence-corrected chi connectivity index (χ1v) is 13.1. The molecule has 0 unspecified atom stereocenters. The Hall–Kier alpha value is -3.43. The van der Waals surface area contributed by atoms with Crippen LogP contribution < -0.4 is 9.45 Å². The summed E-state index contributed by atoms with van der Waals surface area (Å²) in [6, 6.07) is 12.5. The van der Waals surface area contributed by atoms with Crippen molar-refractivity contribution in [1.29, 1.82) is 0 Å². The standard InChI is InChI=1S/C26H26ClN3O5S/c1-25(2,3)16-8-10-18(11-9-16)36(34,35)28-20-13-12-19(27)21-22(20)24(32)30(23(21)31)26(4,5)17-7-6-14-29(33)15-17/h6-15H,1-5H3,(H-,28,32,33)/p+1. The average Bonchev–Trinajstić information content (AvgIpc) is 3.07. The number of rotatable bonds is 5. The molecule has 4 rings (SSSR count). The number of nitrogens with zero attached hydrogens (tertiary/aromatic N) is 2. The van der Waals surface area contributed by atoms with Crippen LogP contribution in [0.2, 0.25) is 5.02 Å². The van der Waals surface area contributed by atoms with Gasteiger partial charge in [0.1, 0.15) is 0 Å². The van der Waals surface area contributed by atoms with Gasteiger partial charge < -0.3 is 0 Å². The van der Waals surface area contributed by atoms with E-state index in [1.165, 1.54) is 36.7 Å². The number of benzene rings is 2. The number of anilines is 1. The number of pyridine rings is 1. The molecule has 0 bridgehead atoms. The first-order chi connectivity index (χ1) is 16.6. The molecule has 1 aliphatic heterocycles. The topological polar surface area (TPSA) is 108 Å². The number of fused-ring (bicyclic) bond motifs is 1. The number of hydrogen-bond acceptors (Lipinski definition) is 5. The first kappa shape index (κ1) is 25.7. The van der Waals surface area contributed by atoms with Crippen molar-refractivity contribution >= 4 is 39.1 Å². The van der Waals surface area contributed by atoms with Crippen molar-refractivity contribution < 1.29 is 27.9 Å². The Bertz CT molecular complexity index is 1490. The summed E-state index contributed by atoms with van der Waals surface area (Å²) >= 11 is 6.32. The van der Waals surface area contributed by atoms with Crippen LogP contribution in [-0.2, 0) is 21.0 Å². The molecule has 36 heavy (non-hydrogen) atoms. The lowest BCUT2D eigenvalue weighted by Gasteiger charge is -2.33. The SMILES string of the molecule is CC(C)(C)c1ccc(S(=O)(=O)Nc2ccc(Cl)c3c2C(=O)N(C(C)(C)c2ccc[n+](O)c2)C3=O)cc1. The molecule has 0 aliphatic carbocycles. The minimum Gasteiger partial charge on any atom is -0.285 e. The van der Waals surface area contributed by atoms with E-state index in [-0.39, 0.29) is 32.1 Å². The van der Waals surface area contributed by atoms with Gasteiger partial charge in [-0.2, -0.15) is 0 Å². The Morgan fingerprint density at radius 2 is 1.50 bits per heavy atom. The van der Waals surface area contributed by atoms with Crippen molar-refractivity contribution in [2.24, 2.45) is 0 Å². The molecule has 0 saturated heterocycles. The van der Waals surface area contributed by atoms with E-state index in [9.17, 15) is 23.2 Å². The zero-order valence-electron chi connectivity index (χ0n) is 20.5. The molecule has 8 nitrogen and oxygen atoms in total. The predicted octanol–water partition coefficient (Wildman–Crippen LogP) is 4.49. The van der Waals surface area contributed by atoms with Gasteiger partial charge in [-0.05, 0) is 55.2 Å². The summed E-state index contributed by atoms with van der Waals surface area (Å²) in [5.74, 6) is -1.36. The normalized spacial score (nSPS) is 14.2. The Morgan fingerprint density at radius 3 is 2.08 bits per heavy atom. The van der Waals surface area contributed by atoms with Gasteiger partial charge in [-0.15, -0.1) is 0 Å². The molecular formula is C26H27ClN3O5S+. The maximum atomic E-state index is 13.6. The molecule has 0 radical (unpaired) electrons. The molecule has 2 aromatic carbocycles. The minimum atomic E-state index is -4.07. The van der Waals surface area contributed by atoms with Crippen molar-refractivity contribution in [2.45, 2.75) is 50.5 Å². The summed E-state index contributed by atoms with van der Waals surface area (Å²) < 4.78 is 29.7. The lowest BCUT2D eigenvalue weighted by atomic mass is 9.87. The molecule has 1 aromatic heterocycles. The van der Waals surface area contributed by atoms with Crippen LogP contribution in [0.25, 0.3) is 0 Å². The summed E-state index contributed by atoms with van der Waals surface area (Å²) in [7, 11) is -4.07. The highest BCUT2D eigenvalue weighted by atomic mass is 35.5. The number of nitrogens with one attached hydrogen (secondary N) is 1. The summed E-state index contributed by atoms with van der Waals surface area (Å²) in [5.41, 5.74) is -0.118. The molecule has 0 atom stereocenters. The van der Waals surface area contributed by atoms with Crippen LogP contribution in [0.5, 0.6) is 0 Å². The van der Waals surface area contributed by atoms with E-state index in [0.29, 0.717) is 5.56 Å². The molecule has 10 heteroatoms. The van der Waals surface area contributed by atoms with Gasteiger partial charge in [0.25, 0.3) is 21.8 Å². The van der Waals surface area contributed by atoms with Crippen LogP contribution in [0.1, 0.15) is 66.5 Å². The number of aromatic nitrogens is 1. The van der Waals surface area contributed by atoms with Crippen molar-refractivity contribution in [3.05, 3.63) is 88.2 Å². The fourth-order valence-electron chi connectivity index (χ4n) is 4.21. The Balaban J connectivity index is 1.75. The molecule has 2 N–H and O–H groups in total. The number of amides is 2. The molecule has 0 fully saturated rings. The molecule has 0 saturated carbocycles. The lowest BCUT2D eigenvalue weighted by Crippen LogP contribution is -2.46. The Morgan fingerprint density at radius 1 is 0.889 bits per heavy atom. The van der Waals surface area contributed by atoms with Crippen LogP contribution in [0, 0.1) is 0 Å². The van der Waals surface area contributed by atoms with Gasteiger partial charge in [-0.3, -0.25) is 24.4 Å². The minimum absolute atomic E-state index is 0.0185. The second kappa shape index (κ2) is 8.60. The summed E-state index contributed by atoms with van der Waals surface area (Å²) in [4.78, 5) is 28.1. The van der Waals surface area contributed by atoms with E-state index in [1.54, 1.807) is 38.1 Å². The van der Waals surface area contributed by atoms with E-state index in [2.05, 4.69) is 4.72 Å². The van der Waals surface area contributed by atoms with E-state index in [4.69, 9.17) is 11.6 Å². The number of carbonyl (C=O) groups is 2. The van der Waals surface area contributed by atoms with Gasteiger partial charge >= 0.3 is 0 Å². The van der Waals surface area contributed by atoms with E-state index < -0.39 is 27.4 Å². The van der Waals surface area contributed by atoms with Crippen LogP contribution >= 0.6 is 11.6 Å². The molecule has 1 aliphatic rings. The van der Waals surface area contributed by atoms with Crippen LogP contribution in [0.15, 0.2) is 65.8 Å². The molecule has 188 valence electrons. The smallest absolute Gasteiger partial charge is 0.264 e. The molecular weight excluding hydrogens is 502 g/mol. The van der Waals surface area contributed by atoms with E-state index in [1.807, 2.05) is 20.8 Å². The first-order valence-electron chi connectivity index (χ1n) is 11.2. The van der Waals surface area contributed by atoms with Gasteiger partial charge in [0.05, 0.1) is 32.3 Å². The predicted molar refractivity (Wildman–Crippen MR) is 135 cm³/mol. The van der Waals surface area contributed by atoms with E-state index >= 15 is 0 Å². The number of hydrogen-bond donors (Lipinski definition) is 2. The van der Waals surface area contributed by atoms with Gasteiger partial charge in [0, 0.05) is 16.4 Å². The fourth-order valence-corrected chi connectivity index (χ4v) is 5.52. The zero-order valence-corrected chi connectivity index (χ0v) is 22.1. The second-order valence-electron chi connectivity index (χ2n) is 10.2. The van der Waals surface area contributed by atoms with Crippen LogP contribution in [-0.4, -0.2) is 30.3 Å². The van der Waals surface area contributed by atoms with Crippen molar-refractivity contribution in [3.8, 4) is 0 Å². The van der Waals surface area contributed by atoms with Gasteiger partial charge in [0.2, 0.25) is 12.4 Å². The molecule has 2 heterocycles. The average molecular weight is 529 g/mol.